The highest BCUT2D eigenvalue weighted by atomic mass is 35.5. The number of aromatic amines is 1. The number of aromatic nitrogens is 2. The Labute approximate surface area is 154 Å². The standard InChI is InChI=1S/C19H16ClN3O3/c20-15-5-1-3-13(7-15)12-26-18-11-22-16(8-17(18)24)19(25)23-10-14-4-2-6-21-9-14/h1-9,11H,10,12H2,(H,22,24)(H,23,25). The van der Waals surface area contributed by atoms with Crippen molar-refractivity contribution in [2.45, 2.75) is 13.2 Å². The molecule has 26 heavy (non-hydrogen) atoms. The first-order chi connectivity index (χ1) is 12.6. The molecule has 7 heteroatoms. The van der Waals surface area contributed by atoms with Gasteiger partial charge in [-0.3, -0.25) is 14.6 Å². The molecule has 0 atom stereocenters. The number of carbonyl (C=O) groups is 1. The van der Waals surface area contributed by atoms with E-state index in [9.17, 15) is 9.59 Å². The summed E-state index contributed by atoms with van der Waals surface area (Å²) in [7, 11) is 0. The number of nitrogens with one attached hydrogen (secondary N) is 2. The van der Waals surface area contributed by atoms with Crippen LogP contribution in [0.25, 0.3) is 0 Å². The molecule has 0 aliphatic carbocycles. The number of amides is 1. The van der Waals surface area contributed by atoms with Gasteiger partial charge in [0.25, 0.3) is 5.91 Å². The SMILES string of the molecule is O=C(NCc1cccnc1)c1cc(=O)c(OCc2cccc(Cl)c2)c[nH]1. The van der Waals surface area contributed by atoms with Crippen LogP contribution < -0.4 is 15.5 Å². The first-order valence-electron chi connectivity index (χ1n) is 7.89. The number of carbonyl (C=O) groups excluding carboxylic acids is 1. The van der Waals surface area contributed by atoms with Crippen LogP contribution in [0.1, 0.15) is 21.6 Å². The molecule has 0 bridgehead atoms. The average Bonchev–Trinajstić information content (AvgIpc) is 2.66. The van der Waals surface area contributed by atoms with Gasteiger partial charge < -0.3 is 15.0 Å². The summed E-state index contributed by atoms with van der Waals surface area (Å²) in [5.41, 5.74) is 1.49. The molecular formula is C19H16ClN3O3. The van der Waals surface area contributed by atoms with Gasteiger partial charge in [0, 0.05) is 36.2 Å². The minimum Gasteiger partial charge on any atom is -0.483 e. The Hall–Kier alpha value is -3.12. The molecule has 0 aliphatic heterocycles. The molecule has 3 rings (SSSR count). The third-order valence-corrected chi connectivity index (χ3v) is 3.82. The molecule has 6 nitrogen and oxygen atoms in total. The van der Waals surface area contributed by atoms with E-state index >= 15 is 0 Å². The number of nitrogens with zero attached hydrogens (tertiary/aromatic N) is 1. The molecule has 0 saturated heterocycles. The fourth-order valence-corrected chi connectivity index (χ4v) is 2.48. The molecule has 132 valence electrons. The van der Waals surface area contributed by atoms with Gasteiger partial charge in [-0.15, -0.1) is 0 Å². The van der Waals surface area contributed by atoms with E-state index in [-0.39, 0.29) is 29.4 Å². The van der Waals surface area contributed by atoms with Crippen LogP contribution in [-0.4, -0.2) is 15.9 Å². The Morgan fingerprint density at radius 1 is 1.19 bits per heavy atom. The van der Waals surface area contributed by atoms with Crippen LogP contribution in [0.3, 0.4) is 0 Å². The molecule has 2 N–H and O–H groups in total. The van der Waals surface area contributed by atoms with Crippen molar-refractivity contribution in [3.05, 3.63) is 93.1 Å². The van der Waals surface area contributed by atoms with Crippen LogP contribution in [0, 0.1) is 0 Å². The summed E-state index contributed by atoms with van der Waals surface area (Å²) in [4.78, 5) is 31.0. The Balaban J connectivity index is 1.61. The zero-order valence-corrected chi connectivity index (χ0v) is 14.5. The number of hydrogen-bond donors (Lipinski definition) is 2. The first kappa shape index (κ1) is 17.7. The summed E-state index contributed by atoms with van der Waals surface area (Å²) >= 11 is 5.92. The van der Waals surface area contributed by atoms with Gasteiger partial charge in [-0.1, -0.05) is 29.8 Å². The van der Waals surface area contributed by atoms with Gasteiger partial charge in [0.2, 0.25) is 5.43 Å². The summed E-state index contributed by atoms with van der Waals surface area (Å²) < 4.78 is 5.50. The Morgan fingerprint density at radius 3 is 2.77 bits per heavy atom. The first-order valence-corrected chi connectivity index (χ1v) is 8.27. The van der Waals surface area contributed by atoms with E-state index in [4.69, 9.17) is 16.3 Å². The van der Waals surface area contributed by atoms with Gasteiger partial charge >= 0.3 is 0 Å². The van der Waals surface area contributed by atoms with Crippen LogP contribution in [0.5, 0.6) is 5.75 Å². The highest BCUT2D eigenvalue weighted by molar-refractivity contribution is 6.30. The minimum absolute atomic E-state index is 0.133. The third kappa shape index (κ3) is 4.70. The Bertz CT molecular complexity index is 957. The monoisotopic (exact) mass is 369 g/mol. The number of halogens is 1. The maximum atomic E-state index is 12.1. The summed E-state index contributed by atoms with van der Waals surface area (Å²) in [6.45, 7) is 0.526. The molecule has 1 amide bonds. The van der Waals surface area contributed by atoms with Gasteiger partial charge in [0.05, 0.1) is 0 Å². The van der Waals surface area contributed by atoms with Crippen molar-refractivity contribution < 1.29 is 9.53 Å². The normalized spacial score (nSPS) is 10.3. The van der Waals surface area contributed by atoms with Gasteiger partial charge in [-0.05, 0) is 29.3 Å². The van der Waals surface area contributed by atoms with E-state index in [0.29, 0.717) is 11.6 Å². The zero-order valence-electron chi connectivity index (χ0n) is 13.7. The van der Waals surface area contributed by atoms with Crippen molar-refractivity contribution in [3.63, 3.8) is 0 Å². The predicted octanol–water partition coefficient (Wildman–Crippen LogP) is 2.93. The van der Waals surface area contributed by atoms with Crippen molar-refractivity contribution in [2.75, 3.05) is 0 Å². The van der Waals surface area contributed by atoms with Crippen molar-refractivity contribution >= 4 is 17.5 Å². The maximum Gasteiger partial charge on any atom is 0.268 e. The number of rotatable bonds is 6. The van der Waals surface area contributed by atoms with E-state index in [0.717, 1.165) is 11.1 Å². The fraction of sp³-hybridized carbons (Fsp3) is 0.105. The van der Waals surface area contributed by atoms with Crippen LogP contribution in [0.15, 0.2) is 65.8 Å². The molecule has 1 aromatic carbocycles. The third-order valence-electron chi connectivity index (χ3n) is 3.58. The van der Waals surface area contributed by atoms with Crippen molar-refractivity contribution in [1.29, 1.82) is 0 Å². The molecule has 0 spiro atoms. The number of benzene rings is 1. The Morgan fingerprint density at radius 2 is 2.04 bits per heavy atom. The van der Waals surface area contributed by atoms with E-state index in [1.54, 1.807) is 36.7 Å². The molecule has 0 saturated carbocycles. The number of pyridine rings is 2. The van der Waals surface area contributed by atoms with Gasteiger partial charge in [0.15, 0.2) is 5.75 Å². The number of ether oxygens (including phenoxy) is 1. The highest BCUT2D eigenvalue weighted by Gasteiger charge is 2.10. The van der Waals surface area contributed by atoms with Crippen LogP contribution in [0.2, 0.25) is 5.02 Å². The van der Waals surface area contributed by atoms with Crippen LogP contribution in [0.4, 0.5) is 0 Å². The van der Waals surface area contributed by atoms with Gasteiger partial charge in [0.1, 0.15) is 12.3 Å². The largest absolute Gasteiger partial charge is 0.483 e. The molecule has 2 aromatic heterocycles. The molecule has 0 fully saturated rings. The molecule has 0 radical (unpaired) electrons. The minimum atomic E-state index is -0.382. The summed E-state index contributed by atoms with van der Waals surface area (Å²) in [6.07, 6.45) is 4.70. The summed E-state index contributed by atoms with van der Waals surface area (Å²) in [6, 6.07) is 12.0. The summed E-state index contributed by atoms with van der Waals surface area (Å²) in [5, 5.41) is 3.32. The molecule has 3 aromatic rings. The molecule has 2 heterocycles. The predicted molar refractivity (Wildman–Crippen MR) is 98.3 cm³/mol. The second kappa shape index (κ2) is 8.31. The lowest BCUT2D eigenvalue weighted by Crippen LogP contribution is -2.25. The molecule has 0 aliphatic rings. The van der Waals surface area contributed by atoms with E-state index in [1.807, 2.05) is 12.1 Å². The number of hydrogen-bond acceptors (Lipinski definition) is 4. The Kier molecular flexibility index (Phi) is 5.66. The topological polar surface area (TPSA) is 84.1 Å². The zero-order chi connectivity index (χ0) is 18.4. The highest BCUT2D eigenvalue weighted by Crippen LogP contribution is 2.13. The lowest BCUT2D eigenvalue weighted by molar-refractivity contribution is 0.0945. The van der Waals surface area contributed by atoms with Crippen LogP contribution in [-0.2, 0) is 13.2 Å². The van der Waals surface area contributed by atoms with E-state index in [1.165, 1.54) is 12.3 Å². The van der Waals surface area contributed by atoms with Crippen molar-refractivity contribution in [1.82, 2.24) is 15.3 Å². The molecular weight excluding hydrogens is 354 g/mol. The smallest absolute Gasteiger partial charge is 0.268 e. The second-order valence-corrected chi connectivity index (χ2v) is 5.97. The van der Waals surface area contributed by atoms with Gasteiger partial charge in [-0.25, -0.2) is 0 Å². The maximum absolute atomic E-state index is 12.1. The van der Waals surface area contributed by atoms with E-state index in [2.05, 4.69) is 15.3 Å². The van der Waals surface area contributed by atoms with E-state index < -0.39 is 0 Å². The quantitative estimate of drug-likeness (QED) is 0.699. The average molecular weight is 370 g/mol. The molecule has 0 unspecified atom stereocenters. The lowest BCUT2D eigenvalue weighted by atomic mass is 10.2. The van der Waals surface area contributed by atoms with Gasteiger partial charge in [-0.2, -0.15) is 0 Å². The van der Waals surface area contributed by atoms with Crippen molar-refractivity contribution in [3.8, 4) is 5.75 Å². The van der Waals surface area contributed by atoms with Crippen LogP contribution >= 0.6 is 11.6 Å². The van der Waals surface area contributed by atoms with Crippen molar-refractivity contribution in [2.24, 2.45) is 0 Å². The fourth-order valence-electron chi connectivity index (χ4n) is 2.27. The number of H-pyrrole nitrogens is 1. The second-order valence-electron chi connectivity index (χ2n) is 5.54. The lowest BCUT2D eigenvalue weighted by Gasteiger charge is -2.08. The summed E-state index contributed by atoms with van der Waals surface area (Å²) in [5.74, 6) is -0.249.